The number of primary amides is 1. The van der Waals surface area contributed by atoms with Crippen molar-refractivity contribution in [1.29, 1.82) is 0 Å². The number of rotatable bonds is 4. The second kappa shape index (κ2) is 9.46. The largest absolute Gasteiger partial charge is 0.368 e. The number of carbonyl (C=O) groups is 2. The third kappa shape index (κ3) is 4.75. The second-order valence-electron chi connectivity index (χ2n) is 6.49. The lowest BCUT2D eigenvalue weighted by Gasteiger charge is -2.29. The zero-order valence-corrected chi connectivity index (χ0v) is 16.7. The molecule has 1 heterocycles. The molecule has 2 aromatic rings. The molecule has 0 fully saturated rings. The van der Waals surface area contributed by atoms with Gasteiger partial charge in [-0.25, -0.2) is 4.39 Å². The molecule has 0 bridgehead atoms. The summed E-state index contributed by atoms with van der Waals surface area (Å²) in [6.45, 7) is 6.74. The van der Waals surface area contributed by atoms with Crippen LogP contribution >= 0.6 is 11.6 Å². The summed E-state index contributed by atoms with van der Waals surface area (Å²) in [6, 6.07) is 5.92. The van der Waals surface area contributed by atoms with Crippen LogP contribution in [-0.4, -0.2) is 28.2 Å². The number of carbonyl (C=O) groups excluding carboxylic acids is 2. The minimum atomic E-state index is -0.641. The molecule has 2 N–H and O–H groups in total. The van der Waals surface area contributed by atoms with Crippen molar-refractivity contribution >= 4 is 23.4 Å². The Kier molecular flexibility index (Phi) is 7.29. The van der Waals surface area contributed by atoms with Crippen molar-refractivity contribution in [2.24, 2.45) is 5.73 Å². The van der Waals surface area contributed by atoms with Crippen LogP contribution in [-0.2, 0) is 11.2 Å². The molecule has 5 nitrogen and oxygen atoms in total. The Morgan fingerprint density at radius 2 is 2.14 bits per heavy atom. The molecule has 0 saturated heterocycles. The number of fused-ring (bicyclic) bond motifs is 1. The first-order chi connectivity index (χ1) is 13.3. The smallest absolute Gasteiger partial charge is 0.273 e. The summed E-state index contributed by atoms with van der Waals surface area (Å²) in [4.78, 5) is 30.0. The molecule has 1 aromatic carbocycles. The first kappa shape index (κ1) is 21.6. The summed E-state index contributed by atoms with van der Waals surface area (Å²) < 4.78 is 14.1. The Hall–Kier alpha value is -2.73. The Labute approximate surface area is 169 Å². The maximum atomic E-state index is 14.1. The molecule has 28 heavy (non-hydrogen) atoms. The third-order valence-corrected chi connectivity index (χ3v) is 4.62. The summed E-state index contributed by atoms with van der Waals surface area (Å²) in [5.74, 6) is -1.45. The van der Waals surface area contributed by atoms with Crippen LogP contribution < -0.4 is 5.73 Å². The number of pyridine rings is 1. The zero-order chi connectivity index (χ0) is 20.8. The van der Waals surface area contributed by atoms with Gasteiger partial charge < -0.3 is 10.6 Å². The summed E-state index contributed by atoms with van der Waals surface area (Å²) in [5.41, 5.74) is 7.42. The number of nitrogens with two attached hydrogens (primary N) is 1. The van der Waals surface area contributed by atoms with Gasteiger partial charge >= 0.3 is 0 Å². The minimum absolute atomic E-state index is 0.250. The Balaban J connectivity index is 0.000000878. The number of allylic oxidation sites excluding steroid dienone is 1. The minimum Gasteiger partial charge on any atom is -0.368 e. The van der Waals surface area contributed by atoms with E-state index in [1.807, 2.05) is 6.92 Å². The highest BCUT2D eigenvalue weighted by Crippen LogP contribution is 2.39. The van der Waals surface area contributed by atoms with Gasteiger partial charge in [-0.15, -0.1) is 6.58 Å². The van der Waals surface area contributed by atoms with Crippen LogP contribution in [0.2, 0.25) is 5.02 Å². The van der Waals surface area contributed by atoms with Crippen molar-refractivity contribution < 1.29 is 14.0 Å². The predicted octanol–water partition coefficient (Wildman–Crippen LogP) is 3.99. The van der Waals surface area contributed by atoms with Crippen molar-refractivity contribution in [3.05, 3.63) is 76.3 Å². The van der Waals surface area contributed by atoms with Crippen LogP contribution in [0.25, 0.3) is 0 Å². The third-order valence-electron chi connectivity index (χ3n) is 4.40. The van der Waals surface area contributed by atoms with Gasteiger partial charge in [0.15, 0.2) is 0 Å². The molecule has 0 unspecified atom stereocenters. The number of amides is 2. The molecule has 3 rings (SSSR count). The van der Waals surface area contributed by atoms with Crippen LogP contribution in [0, 0.1) is 12.7 Å². The number of halogens is 2. The molecule has 1 atom stereocenters. The van der Waals surface area contributed by atoms with E-state index < -0.39 is 23.7 Å². The standard InChI is InChI=1S/C18H17ClFN3O2.C3H6/c1-10-3-2-6-22-17(10)18(25)23(9-16(21)24)15-5-4-12-13(15)7-11(19)8-14(12)20;1-3-2/h2-3,6-8,15H,4-5,9H2,1H3,(H2,21,24);3H,1H2,2H3/t15-;/m1./s1. The average Bonchev–Trinajstić information content (AvgIpc) is 3.04. The normalized spacial score (nSPS) is 14.5. The van der Waals surface area contributed by atoms with Crippen molar-refractivity contribution in [1.82, 2.24) is 9.88 Å². The topological polar surface area (TPSA) is 76.3 Å². The van der Waals surface area contributed by atoms with E-state index in [9.17, 15) is 14.0 Å². The Morgan fingerprint density at radius 3 is 2.75 bits per heavy atom. The summed E-state index contributed by atoms with van der Waals surface area (Å²) in [5, 5.41) is 0.253. The van der Waals surface area contributed by atoms with E-state index in [0.29, 0.717) is 29.5 Å². The van der Waals surface area contributed by atoms with Gasteiger partial charge in [0, 0.05) is 11.2 Å². The quantitative estimate of drug-likeness (QED) is 0.784. The van der Waals surface area contributed by atoms with Gasteiger partial charge in [0.1, 0.15) is 18.1 Å². The number of nitrogens with zero attached hydrogens (tertiary/aromatic N) is 2. The first-order valence-electron chi connectivity index (χ1n) is 8.85. The van der Waals surface area contributed by atoms with E-state index in [-0.39, 0.29) is 17.3 Å². The molecule has 0 spiro atoms. The number of hydrogen-bond acceptors (Lipinski definition) is 3. The molecular weight excluding hydrogens is 381 g/mol. The highest BCUT2D eigenvalue weighted by Gasteiger charge is 2.35. The fraction of sp³-hybridized carbons (Fsp3) is 0.286. The predicted molar refractivity (Wildman–Crippen MR) is 108 cm³/mol. The van der Waals surface area contributed by atoms with Gasteiger partial charge in [-0.1, -0.05) is 23.7 Å². The van der Waals surface area contributed by atoms with E-state index in [1.165, 1.54) is 17.2 Å². The van der Waals surface area contributed by atoms with Crippen molar-refractivity contribution in [3.8, 4) is 0 Å². The monoisotopic (exact) mass is 403 g/mol. The number of benzene rings is 1. The molecule has 2 amide bonds. The Bertz CT molecular complexity index is 901. The van der Waals surface area contributed by atoms with Crippen LogP contribution in [0.4, 0.5) is 4.39 Å². The lowest BCUT2D eigenvalue weighted by Crippen LogP contribution is -2.41. The number of aryl methyl sites for hydroxylation is 1. The molecule has 1 aliphatic rings. The maximum absolute atomic E-state index is 14.1. The summed E-state index contributed by atoms with van der Waals surface area (Å²) >= 11 is 5.98. The average molecular weight is 404 g/mol. The van der Waals surface area contributed by atoms with E-state index in [0.717, 1.165) is 0 Å². The molecule has 1 aromatic heterocycles. The molecule has 148 valence electrons. The van der Waals surface area contributed by atoms with Crippen molar-refractivity contribution in [3.63, 3.8) is 0 Å². The van der Waals surface area contributed by atoms with Crippen molar-refractivity contribution in [2.45, 2.75) is 32.7 Å². The van der Waals surface area contributed by atoms with Crippen LogP contribution in [0.3, 0.4) is 0 Å². The summed E-state index contributed by atoms with van der Waals surface area (Å²) in [7, 11) is 0. The van der Waals surface area contributed by atoms with Crippen LogP contribution in [0.5, 0.6) is 0 Å². The second-order valence-corrected chi connectivity index (χ2v) is 6.92. The first-order valence-corrected chi connectivity index (χ1v) is 9.23. The van der Waals surface area contributed by atoms with E-state index >= 15 is 0 Å². The molecule has 0 saturated carbocycles. The van der Waals surface area contributed by atoms with E-state index in [1.54, 1.807) is 31.2 Å². The number of hydrogen-bond donors (Lipinski definition) is 1. The highest BCUT2D eigenvalue weighted by atomic mass is 35.5. The summed E-state index contributed by atoms with van der Waals surface area (Å²) in [6.07, 6.45) is 4.23. The van der Waals surface area contributed by atoms with Crippen LogP contribution in [0.15, 0.2) is 43.1 Å². The molecule has 7 heteroatoms. The van der Waals surface area contributed by atoms with Gasteiger partial charge in [0.25, 0.3) is 5.91 Å². The molecular formula is C21H23ClFN3O2. The zero-order valence-electron chi connectivity index (χ0n) is 15.9. The molecule has 0 radical (unpaired) electrons. The van der Waals surface area contributed by atoms with Gasteiger partial charge in [-0.05, 0) is 61.6 Å². The number of aromatic nitrogens is 1. The lowest BCUT2D eigenvalue weighted by atomic mass is 10.0. The van der Waals surface area contributed by atoms with Gasteiger partial charge in [0.05, 0.1) is 6.04 Å². The van der Waals surface area contributed by atoms with Crippen LogP contribution in [0.1, 0.15) is 46.6 Å². The van der Waals surface area contributed by atoms with Gasteiger partial charge in [-0.3, -0.25) is 14.6 Å². The highest BCUT2D eigenvalue weighted by molar-refractivity contribution is 6.30. The molecule has 1 aliphatic carbocycles. The SMILES string of the molecule is C=CC.Cc1cccnc1C(=O)N(CC(N)=O)[C@@H]1CCc2c(F)cc(Cl)cc21. The van der Waals surface area contributed by atoms with E-state index in [4.69, 9.17) is 17.3 Å². The lowest BCUT2D eigenvalue weighted by molar-refractivity contribution is -0.119. The van der Waals surface area contributed by atoms with Gasteiger partial charge in [-0.2, -0.15) is 0 Å². The fourth-order valence-corrected chi connectivity index (χ4v) is 3.50. The fourth-order valence-electron chi connectivity index (χ4n) is 3.28. The maximum Gasteiger partial charge on any atom is 0.273 e. The Morgan fingerprint density at radius 1 is 1.46 bits per heavy atom. The molecule has 0 aliphatic heterocycles. The van der Waals surface area contributed by atoms with Gasteiger partial charge in [0.2, 0.25) is 5.91 Å². The van der Waals surface area contributed by atoms with Crippen molar-refractivity contribution in [2.75, 3.05) is 6.54 Å². The van der Waals surface area contributed by atoms with E-state index in [2.05, 4.69) is 11.6 Å².